The largest absolute Gasteiger partial charge is 0.361 e. The highest BCUT2D eigenvalue weighted by Crippen LogP contribution is 2.08. The molecule has 0 bridgehead atoms. The number of nitrogens with one attached hydrogen (secondary N) is 2. The summed E-state index contributed by atoms with van der Waals surface area (Å²) in [5, 5.41) is 5.76. The lowest BCUT2D eigenvalue weighted by Crippen LogP contribution is -2.43. The smallest absolute Gasteiger partial charge is 0.239 e. The van der Waals surface area contributed by atoms with Gasteiger partial charge in [-0.25, -0.2) is 9.97 Å². The highest BCUT2D eigenvalue weighted by Gasteiger charge is 2.13. The van der Waals surface area contributed by atoms with Crippen LogP contribution in [0.2, 0.25) is 0 Å². The zero-order valence-electron chi connectivity index (χ0n) is 9.54. The summed E-state index contributed by atoms with van der Waals surface area (Å²) in [5.74, 6) is 0.549. The Morgan fingerprint density at radius 2 is 2.12 bits per heavy atom. The van der Waals surface area contributed by atoms with Gasteiger partial charge >= 0.3 is 0 Å². The minimum atomic E-state index is -0.217. The maximum Gasteiger partial charge on any atom is 0.239 e. The molecule has 1 aromatic heterocycles. The van der Waals surface area contributed by atoms with Crippen molar-refractivity contribution in [2.24, 2.45) is 0 Å². The summed E-state index contributed by atoms with van der Waals surface area (Å²) in [5.41, 5.74) is -0.217. The molecule has 0 unspecified atom stereocenters. The fourth-order valence-electron chi connectivity index (χ4n) is 1.06. The second-order valence-electron chi connectivity index (χ2n) is 4.38. The molecular formula is C10H15BrN4O. The van der Waals surface area contributed by atoms with Gasteiger partial charge in [-0.05, 0) is 36.7 Å². The van der Waals surface area contributed by atoms with Gasteiger partial charge in [-0.1, -0.05) is 0 Å². The van der Waals surface area contributed by atoms with Gasteiger partial charge in [0.05, 0.1) is 6.54 Å². The molecule has 16 heavy (non-hydrogen) atoms. The third-order valence-corrected chi connectivity index (χ3v) is 2.01. The molecule has 1 heterocycles. The molecule has 0 aliphatic rings. The number of rotatable bonds is 3. The zero-order chi connectivity index (χ0) is 12.2. The number of hydrogen-bond donors (Lipinski definition) is 2. The second-order valence-corrected chi connectivity index (χ2v) is 5.19. The van der Waals surface area contributed by atoms with Crippen LogP contribution in [0.1, 0.15) is 20.8 Å². The van der Waals surface area contributed by atoms with Crippen LogP contribution in [0.15, 0.2) is 17.0 Å². The molecule has 1 rings (SSSR count). The van der Waals surface area contributed by atoms with Gasteiger partial charge in [0.15, 0.2) is 0 Å². The predicted molar refractivity (Wildman–Crippen MR) is 66.1 cm³/mol. The van der Waals surface area contributed by atoms with Crippen molar-refractivity contribution in [3.63, 3.8) is 0 Å². The zero-order valence-corrected chi connectivity index (χ0v) is 11.1. The summed E-state index contributed by atoms with van der Waals surface area (Å²) in [4.78, 5) is 19.4. The lowest BCUT2D eigenvalue weighted by molar-refractivity contribution is -0.120. The van der Waals surface area contributed by atoms with Gasteiger partial charge in [0.1, 0.15) is 16.7 Å². The standard InChI is InChI=1S/C10H15BrN4O/c1-10(2,3)15-9(16)5-12-8-4-7(11)13-6-14-8/h4,6H,5H2,1-3H3,(H,15,16)(H,12,13,14). The Morgan fingerprint density at radius 3 is 2.69 bits per heavy atom. The summed E-state index contributed by atoms with van der Waals surface area (Å²) in [6.07, 6.45) is 1.42. The van der Waals surface area contributed by atoms with Crippen LogP contribution in [-0.2, 0) is 4.79 Å². The molecule has 0 aliphatic carbocycles. The highest BCUT2D eigenvalue weighted by molar-refractivity contribution is 9.10. The summed E-state index contributed by atoms with van der Waals surface area (Å²) >= 11 is 3.23. The van der Waals surface area contributed by atoms with E-state index in [4.69, 9.17) is 0 Å². The van der Waals surface area contributed by atoms with Crippen molar-refractivity contribution in [2.75, 3.05) is 11.9 Å². The van der Waals surface area contributed by atoms with E-state index in [0.717, 1.165) is 0 Å². The number of hydrogen-bond acceptors (Lipinski definition) is 4. The van der Waals surface area contributed by atoms with Crippen molar-refractivity contribution in [3.8, 4) is 0 Å². The first-order valence-electron chi connectivity index (χ1n) is 4.89. The van der Waals surface area contributed by atoms with Crippen molar-refractivity contribution >= 4 is 27.7 Å². The number of halogens is 1. The molecule has 0 atom stereocenters. The summed E-state index contributed by atoms with van der Waals surface area (Å²) in [7, 11) is 0. The third-order valence-electron chi connectivity index (χ3n) is 1.58. The van der Waals surface area contributed by atoms with E-state index >= 15 is 0 Å². The molecule has 6 heteroatoms. The van der Waals surface area contributed by atoms with E-state index in [-0.39, 0.29) is 18.0 Å². The van der Waals surface area contributed by atoms with Crippen LogP contribution < -0.4 is 10.6 Å². The van der Waals surface area contributed by atoms with Crippen molar-refractivity contribution in [3.05, 3.63) is 17.0 Å². The van der Waals surface area contributed by atoms with Crippen LogP contribution in [0.5, 0.6) is 0 Å². The fourth-order valence-corrected chi connectivity index (χ4v) is 1.37. The van der Waals surface area contributed by atoms with Crippen LogP contribution in [-0.4, -0.2) is 28.0 Å². The number of amides is 1. The number of carbonyl (C=O) groups excluding carboxylic acids is 1. The maximum atomic E-state index is 11.5. The Balaban J connectivity index is 2.43. The Bertz CT molecular complexity index is 375. The SMILES string of the molecule is CC(C)(C)NC(=O)CNc1cc(Br)ncn1. The summed E-state index contributed by atoms with van der Waals surface area (Å²) < 4.78 is 0.682. The quantitative estimate of drug-likeness (QED) is 0.828. The van der Waals surface area contributed by atoms with Crippen molar-refractivity contribution in [1.29, 1.82) is 0 Å². The van der Waals surface area contributed by atoms with Gasteiger partial charge in [0, 0.05) is 11.6 Å². The molecule has 0 spiro atoms. The van der Waals surface area contributed by atoms with Gasteiger partial charge in [-0.3, -0.25) is 4.79 Å². The summed E-state index contributed by atoms with van der Waals surface area (Å²) in [6, 6.07) is 1.71. The normalized spacial score (nSPS) is 11.0. The minimum absolute atomic E-state index is 0.0674. The number of anilines is 1. The van der Waals surface area contributed by atoms with E-state index < -0.39 is 0 Å². The topological polar surface area (TPSA) is 66.9 Å². The van der Waals surface area contributed by atoms with Gasteiger partial charge in [-0.2, -0.15) is 0 Å². The molecule has 0 saturated carbocycles. The first-order chi connectivity index (χ1) is 7.37. The molecular weight excluding hydrogens is 272 g/mol. The first-order valence-corrected chi connectivity index (χ1v) is 5.68. The molecule has 5 nitrogen and oxygen atoms in total. The van der Waals surface area contributed by atoms with Crippen molar-refractivity contribution < 1.29 is 4.79 Å². The van der Waals surface area contributed by atoms with E-state index in [1.807, 2.05) is 20.8 Å². The average molecular weight is 287 g/mol. The average Bonchev–Trinajstić information content (AvgIpc) is 2.12. The van der Waals surface area contributed by atoms with Crippen molar-refractivity contribution in [2.45, 2.75) is 26.3 Å². The van der Waals surface area contributed by atoms with Gasteiger partial charge < -0.3 is 10.6 Å². The number of nitrogens with zero attached hydrogens (tertiary/aromatic N) is 2. The molecule has 2 N–H and O–H groups in total. The van der Waals surface area contributed by atoms with Gasteiger partial charge in [-0.15, -0.1) is 0 Å². The van der Waals surface area contributed by atoms with Crippen LogP contribution >= 0.6 is 15.9 Å². The van der Waals surface area contributed by atoms with E-state index in [2.05, 4.69) is 36.5 Å². The Labute approximate surface area is 103 Å². The summed E-state index contributed by atoms with van der Waals surface area (Å²) in [6.45, 7) is 6.01. The van der Waals surface area contributed by atoms with E-state index in [1.165, 1.54) is 6.33 Å². The molecule has 0 saturated heterocycles. The second kappa shape index (κ2) is 5.25. The van der Waals surface area contributed by atoms with E-state index in [9.17, 15) is 4.79 Å². The Hall–Kier alpha value is -1.17. The molecule has 0 radical (unpaired) electrons. The number of aromatic nitrogens is 2. The maximum absolute atomic E-state index is 11.5. The van der Waals surface area contributed by atoms with Crippen LogP contribution in [0, 0.1) is 0 Å². The highest BCUT2D eigenvalue weighted by atomic mass is 79.9. The lowest BCUT2D eigenvalue weighted by atomic mass is 10.1. The fraction of sp³-hybridized carbons (Fsp3) is 0.500. The van der Waals surface area contributed by atoms with E-state index in [1.54, 1.807) is 6.07 Å². The molecule has 1 aromatic rings. The van der Waals surface area contributed by atoms with Crippen molar-refractivity contribution in [1.82, 2.24) is 15.3 Å². The Morgan fingerprint density at radius 1 is 1.44 bits per heavy atom. The van der Waals surface area contributed by atoms with Crippen LogP contribution in [0.4, 0.5) is 5.82 Å². The predicted octanol–water partition coefficient (Wildman–Crippen LogP) is 1.57. The van der Waals surface area contributed by atoms with Crippen LogP contribution in [0.3, 0.4) is 0 Å². The molecule has 1 amide bonds. The molecule has 0 aromatic carbocycles. The molecule has 0 aliphatic heterocycles. The first kappa shape index (κ1) is 12.9. The minimum Gasteiger partial charge on any atom is -0.361 e. The van der Waals surface area contributed by atoms with Crippen LogP contribution in [0.25, 0.3) is 0 Å². The molecule has 0 fully saturated rings. The molecule has 88 valence electrons. The lowest BCUT2D eigenvalue weighted by Gasteiger charge is -2.20. The van der Waals surface area contributed by atoms with E-state index in [0.29, 0.717) is 10.4 Å². The third kappa shape index (κ3) is 5.06. The number of carbonyl (C=O) groups is 1. The van der Waals surface area contributed by atoms with Gasteiger partial charge in [0.25, 0.3) is 0 Å². The monoisotopic (exact) mass is 286 g/mol. The Kier molecular flexibility index (Phi) is 4.23. The van der Waals surface area contributed by atoms with Gasteiger partial charge in [0.2, 0.25) is 5.91 Å².